The van der Waals surface area contributed by atoms with Gasteiger partial charge in [-0.3, -0.25) is 4.99 Å². The van der Waals surface area contributed by atoms with Crippen molar-refractivity contribution in [1.82, 2.24) is 5.32 Å². The first-order valence-electron chi connectivity index (χ1n) is 12.2. The van der Waals surface area contributed by atoms with E-state index in [1.54, 1.807) is 24.3 Å². The Hall–Kier alpha value is -2.12. The highest BCUT2D eigenvalue weighted by Gasteiger charge is 2.51. The van der Waals surface area contributed by atoms with Crippen molar-refractivity contribution in [2.75, 3.05) is 38.2 Å². The minimum absolute atomic E-state index is 0.116. The van der Waals surface area contributed by atoms with Crippen LogP contribution < -0.4 is 10.6 Å². The third kappa shape index (κ3) is 6.01. The maximum Gasteiger partial charge on any atom is 0.335 e. The molecule has 0 aliphatic heterocycles. The molecule has 176 valence electrons. The fourth-order valence-electron chi connectivity index (χ4n) is 6.12. The Morgan fingerprint density at radius 2 is 1.75 bits per heavy atom. The third-order valence-corrected chi connectivity index (χ3v) is 7.10. The molecular formula is C25H37N3O4. The highest BCUT2D eigenvalue weighted by atomic mass is 16.5. The van der Waals surface area contributed by atoms with Crippen LogP contribution in [0.5, 0.6) is 0 Å². The van der Waals surface area contributed by atoms with Crippen LogP contribution in [0.15, 0.2) is 29.3 Å². The molecule has 4 bridgehead atoms. The molecule has 0 heterocycles. The second kappa shape index (κ2) is 10.7. The van der Waals surface area contributed by atoms with Crippen LogP contribution in [0.4, 0.5) is 5.69 Å². The molecule has 4 fully saturated rings. The van der Waals surface area contributed by atoms with Crippen LogP contribution in [0.25, 0.3) is 0 Å². The van der Waals surface area contributed by atoms with Gasteiger partial charge in [0.1, 0.15) is 0 Å². The first-order chi connectivity index (χ1) is 15.5. The van der Waals surface area contributed by atoms with Gasteiger partial charge in [0.05, 0.1) is 17.8 Å². The van der Waals surface area contributed by atoms with Gasteiger partial charge in [0, 0.05) is 32.0 Å². The molecule has 4 aliphatic carbocycles. The molecule has 1 aromatic carbocycles. The molecule has 3 N–H and O–H groups in total. The summed E-state index contributed by atoms with van der Waals surface area (Å²) in [6.07, 6.45) is 8.84. The van der Waals surface area contributed by atoms with Crippen molar-refractivity contribution in [3.8, 4) is 0 Å². The van der Waals surface area contributed by atoms with Crippen molar-refractivity contribution in [2.24, 2.45) is 22.7 Å². The van der Waals surface area contributed by atoms with Gasteiger partial charge in [-0.2, -0.15) is 0 Å². The molecule has 5 rings (SSSR count). The van der Waals surface area contributed by atoms with E-state index in [9.17, 15) is 4.79 Å². The summed E-state index contributed by atoms with van der Waals surface area (Å²) in [6.45, 7) is 5.40. The normalized spacial score (nSPS) is 28.7. The fraction of sp³-hybridized carbons (Fsp3) is 0.680. The smallest absolute Gasteiger partial charge is 0.335 e. The number of aliphatic imine (C=N–C) groups is 1. The van der Waals surface area contributed by atoms with Gasteiger partial charge < -0.3 is 25.2 Å². The number of carboxylic acids is 1. The first kappa shape index (κ1) is 23.1. The van der Waals surface area contributed by atoms with Gasteiger partial charge in [0.25, 0.3) is 0 Å². The molecule has 0 radical (unpaired) electrons. The number of guanidine groups is 1. The average Bonchev–Trinajstić information content (AvgIpc) is 2.75. The maximum absolute atomic E-state index is 11.1. The molecular weight excluding hydrogens is 406 g/mol. The van der Waals surface area contributed by atoms with Crippen LogP contribution in [-0.2, 0) is 9.47 Å². The van der Waals surface area contributed by atoms with E-state index >= 15 is 0 Å². The SMILES string of the molecule is CCOCCCN=C(NCCOC12CC3CC(CC(C3)C1)C2)Nc1ccc(C(=O)O)cc1. The topological polar surface area (TPSA) is 92.2 Å². The van der Waals surface area contributed by atoms with Gasteiger partial charge in [-0.25, -0.2) is 4.79 Å². The molecule has 0 aromatic heterocycles. The quantitative estimate of drug-likeness (QED) is 0.270. The number of anilines is 1. The number of hydrogen-bond donors (Lipinski definition) is 3. The second-order valence-electron chi connectivity index (χ2n) is 9.66. The molecule has 0 saturated heterocycles. The first-order valence-corrected chi connectivity index (χ1v) is 12.2. The summed E-state index contributed by atoms with van der Waals surface area (Å²) in [4.78, 5) is 15.7. The number of benzene rings is 1. The van der Waals surface area contributed by atoms with Crippen LogP contribution in [0.1, 0.15) is 62.2 Å². The van der Waals surface area contributed by atoms with Crippen molar-refractivity contribution in [2.45, 2.75) is 57.5 Å². The monoisotopic (exact) mass is 443 g/mol. The third-order valence-electron chi connectivity index (χ3n) is 7.10. The summed E-state index contributed by atoms with van der Waals surface area (Å²) >= 11 is 0. The second-order valence-corrected chi connectivity index (χ2v) is 9.66. The van der Waals surface area contributed by atoms with E-state index in [1.165, 1.54) is 38.5 Å². The van der Waals surface area contributed by atoms with Crippen molar-refractivity contribution >= 4 is 17.6 Å². The lowest BCUT2D eigenvalue weighted by Crippen LogP contribution is -2.52. The summed E-state index contributed by atoms with van der Waals surface area (Å²) in [6, 6.07) is 6.70. The highest BCUT2D eigenvalue weighted by Crippen LogP contribution is 2.57. The highest BCUT2D eigenvalue weighted by molar-refractivity contribution is 5.94. The van der Waals surface area contributed by atoms with Gasteiger partial charge in [-0.05, 0) is 93.9 Å². The van der Waals surface area contributed by atoms with E-state index in [-0.39, 0.29) is 11.2 Å². The molecule has 4 aliphatic rings. The van der Waals surface area contributed by atoms with Crippen molar-refractivity contribution < 1.29 is 19.4 Å². The zero-order valence-corrected chi connectivity index (χ0v) is 19.1. The Morgan fingerprint density at radius 3 is 2.34 bits per heavy atom. The Morgan fingerprint density at radius 1 is 1.09 bits per heavy atom. The van der Waals surface area contributed by atoms with E-state index < -0.39 is 5.97 Å². The molecule has 7 nitrogen and oxygen atoms in total. The van der Waals surface area contributed by atoms with E-state index in [0.29, 0.717) is 38.9 Å². The van der Waals surface area contributed by atoms with Crippen molar-refractivity contribution in [1.29, 1.82) is 0 Å². The van der Waals surface area contributed by atoms with Crippen LogP contribution in [0, 0.1) is 17.8 Å². The van der Waals surface area contributed by atoms with Crippen molar-refractivity contribution in [3.63, 3.8) is 0 Å². The van der Waals surface area contributed by atoms with E-state index in [1.807, 2.05) is 6.92 Å². The fourth-order valence-corrected chi connectivity index (χ4v) is 6.12. The number of rotatable bonds is 11. The number of nitrogens with one attached hydrogen (secondary N) is 2. The summed E-state index contributed by atoms with van der Waals surface area (Å²) in [7, 11) is 0. The largest absolute Gasteiger partial charge is 0.478 e. The Labute approximate surface area is 191 Å². The summed E-state index contributed by atoms with van der Waals surface area (Å²) in [5.74, 6) is 2.39. The van der Waals surface area contributed by atoms with Crippen LogP contribution in [0.3, 0.4) is 0 Å². The molecule has 4 saturated carbocycles. The van der Waals surface area contributed by atoms with Gasteiger partial charge in [-0.15, -0.1) is 0 Å². The number of hydrogen-bond acceptors (Lipinski definition) is 4. The standard InChI is InChI=1S/C25H37N3O4/c1-2-31-10-3-8-26-24(28-22-6-4-21(5-7-22)23(29)30)27-9-11-32-25-15-18-12-19(16-25)14-20(13-18)17-25/h4-7,18-20H,2-3,8-17H2,1H3,(H,29,30)(H2,26,27,28). The molecule has 32 heavy (non-hydrogen) atoms. The van der Waals surface area contributed by atoms with Crippen LogP contribution in [0.2, 0.25) is 0 Å². The van der Waals surface area contributed by atoms with Gasteiger partial charge in [-0.1, -0.05) is 0 Å². The van der Waals surface area contributed by atoms with Crippen LogP contribution in [-0.4, -0.2) is 55.5 Å². The van der Waals surface area contributed by atoms with E-state index in [2.05, 4.69) is 15.6 Å². The lowest BCUT2D eigenvalue weighted by molar-refractivity contribution is -0.160. The molecule has 1 aromatic rings. The minimum Gasteiger partial charge on any atom is -0.478 e. The Balaban J connectivity index is 1.28. The lowest BCUT2D eigenvalue weighted by Gasteiger charge is -2.56. The maximum atomic E-state index is 11.1. The molecule has 0 atom stereocenters. The van der Waals surface area contributed by atoms with Gasteiger partial charge in [0.15, 0.2) is 5.96 Å². The number of carboxylic acid groups (broad SMARTS) is 1. The summed E-state index contributed by atoms with van der Waals surface area (Å²) < 4.78 is 11.9. The number of ether oxygens (including phenoxy) is 2. The van der Waals surface area contributed by atoms with Crippen LogP contribution >= 0.6 is 0 Å². The molecule has 0 unspecified atom stereocenters. The summed E-state index contributed by atoms with van der Waals surface area (Å²) in [5.41, 5.74) is 1.18. The zero-order chi connectivity index (χ0) is 22.4. The molecule has 0 spiro atoms. The van der Waals surface area contributed by atoms with Gasteiger partial charge >= 0.3 is 5.97 Å². The average molecular weight is 444 g/mol. The minimum atomic E-state index is -0.929. The predicted octanol–water partition coefficient (Wildman–Crippen LogP) is 4.15. The number of carbonyl (C=O) groups is 1. The van der Waals surface area contributed by atoms with Gasteiger partial charge in [0.2, 0.25) is 0 Å². The Bertz CT molecular complexity index is 758. The Kier molecular flexibility index (Phi) is 7.68. The van der Waals surface area contributed by atoms with Crippen molar-refractivity contribution in [3.05, 3.63) is 29.8 Å². The molecule has 7 heteroatoms. The van der Waals surface area contributed by atoms with E-state index in [0.717, 1.165) is 29.9 Å². The number of nitrogens with zero attached hydrogens (tertiary/aromatic N) is 1. The predicted molar refractivity (Wildman–Crippen MR) is 125 cm³/mol. The van der Waals surface area contributed by atoms with E-state index in [4.69, 9.17) is 14.6 Å². The summed E-state index contributed by atoms with van der Waals surface area (Å²) in [5, 5.41) is 15.8. The molecule has 0 amide bonds. The number of aromatic carboxylic acids is 1. The lowest BCUT2D eigenvalue weighted by atomic mass is 9.54. The zero-order valence-electron chi connectivity index (χ0n) is 19.1.